The van der Waals surface area contributed by atoms with E-state index in [1.165, 1.54) is 29.5 Å². The molecule has 0 amide bonds. The number of benzene rings is 2. The molecule has 1 aliphatic rings. The fourth-order valence-electron chi connectivity index (χ4n) is 3.40. The van der Waals surface area contributed by atoms with Gasteiger partial charge in [-0.15, -0.1) is 0 Å². The summed E-state index contributed by atoms with van der Waals surface area (Å²) < 4.78 is 0. The lowest BCUT2D eigenvalue weighted by molar-refractivity contribution is 0.328. The number of rotatable bonds is 1. The second-order valence-corrected chi connectivity index (χ2v) is 5.67. The molecule has 0 fully saturated rings. The summed E-state index contributed by atoms with van der Waals surface area (Å²) in [5.74, 6) is 0.690. The molecule has 0 nitrogen and oxygen atoms in total. The van der Waals surface area contributed by atoms with Crippen molar-refractivity contribution in [1.29, 1.82) is 0 Å². The normalized spacial score (nSPS) is 26.7. The van der Waals surface area contributed by atoms with Crippen LogP contribution in [0.2, 0.25) is 0 Å². The zero-order valence-electron chi connectivity index (χ0n) is 11.2. The molecule has 2 aromatic carbocycles. The SMILES string of the molecule is C[C@@H]1CCc2ccccc2[C@]1(C)c1ccccc1. The van der Waals surface area contributed by atoms with Crippen LogP contribution in [0.4, 0.5) is 0 Å². The third-order valence-corrected chi connectivity index (χ3v) is 4.78. The molecule has 1 aliphatic carbocycles. The quantitative estimate of drug-likeness (QED) is 0.680. The van der Waals surface area contributed by atoms with Crippen LogP contribution in [0.1, 0.15) is 37.0 Å². The number of hydrogen-bond donors (Lipinski definition) is 0. The molecule has 0 heterocycles. The Bertz CT molecular complexity index is 541. The summed E-state index contributed by atoms with van der Waals surface area (Å²) in [6.45, 7) is 4.80. The predicted octanol–water partition coefficient (Wildman–Crippen LogP) is 4.57. The molecule has 0 saturated carbocycles. The molecule has 0 aliphatic heterocycles. The summed E-state index contributed by atoms with van der Waals surface area (Å²) in [5, 5.41) is 0. The van der Waals surface area contributed by atoms with Crippen LogP contribution in [-0.2, 0) is 11.8 Å². The Labute approximate surface area is 110 Å². The molecular formula is C18H20. The molecule has 0 bridgehead atoms. The molecule has 2 aromatic rings. The number of aryl methyl sites for hydroxylation is 1. The average molecular weight is 236 g/mol. The largest absolute Gasteiger partial charge is 0.0622 e. The summed E-state index contributed by atoms with van der Waals surface area (Å²) in [7, 11) is 0. The predicted molar refractivity (Wildman–Crippen MR) is 76.8 cm³/mol. The maximum atomic E-state index is 2.41. The van der Waals surface area contributed by atoms with Crippen LogP contribution in [0.15, 0.2) is 54.6 Å². The van der Waals surface area contributed by atoms with Gasteiger partial charge in [-0.1, -0.05) is 68.4 Å². The molecule has 0 radical (unpaired) electrons. The first-order chi connectivity index (χ1) is 8.73. The van der Waals surface area contributed by atoms with E-state index in [0.29, 0.717) is 5.92 Å². The van der Waals surface area contributed by atoms with E-state index >= 15 is 0 Å². The molecule has 18 heavy (non-hydrogen) atoms. The van der Waals surface area contributed by atoms with Gasteiger partial charge in [0.15, 0.2) is 0 Å². The summed E-state index contributed by atoms with van der Waals surface area (Å²) in [6, 6.07) is 19.9. The van der Waals surface area contributed by atoms with Gasteiger partial charge in [0.25, 0.3) is 0 Å². The maximum Gasteiger partial charge on any atom is 0.0203 e. The smallest absolute Gasteiger partial charge is 0.0203 e. The van der Waals surface area contributed by atoms with Crippen LogP contribution in [0, 0.1) is 5.92 Å². The highest BCUT2D eigenvalue weighted by Gasteiger charge is 2.38. The topological polar surface area (TPSA) is 0 Å². The zero-order chi connectivity index (χ0) is 12.6. The Morgan fingerprint density at radius 2 is 1.61 bits per heavy atom. The zero-order valence-corrected chi connectivity index (χ0v) is 11.2. The fourth-order valence-corrected chi connectivity index (χ4v) is 3.40. The van der Waals surface area contributed by atoms with Crippen LogP contribution in [-0.4, -0.2) is 0 Å². The van der Waals surface area contributed by atoms with Gasteiger partial charge in [-0.05, 0) is 35.4 Å². The average Bonchev–Trinajstić information content (AvgIpc) is 2.44. The Kier molecular flexibility index (Phi) is 2.74. The van der Waals surface area contributed by atoms with Crippen molar-refractivity contribution in [3.63, 3.8) is 0 Å². The molecule has 92 valence electrons. The van der Waals surface area contributed by atoms with E-state index in [0.717, 1.165) is 0 Å². The second-order valence-electron chi connectivity index (χ2n) is 5.67. The standard InChI is InChI=1S/C18H20/c1-14-12-13-15-8-6-7-11-17(15)18(14,2)16-9-4-3-5-10-16/h3-11,14H,12-13H2,1-2H3/t14-,18+/m1/s1. The van der Waals surface area contributed by atoms with Crippen LogP contribution < -0.4 is 0 Å². The van der Waals surface area contributed by atoms with Crippen LogP contribution in [0.25, 0.3) is 0 Å². The van der Waals surface area contributed by atoms with Gasteiger partial charge in [0.2, 0.25) is 0 Å². The molecule has 0 N–H and O–H groups in total. The minimum absolute atomic E-state index is 0.163. The van der Waals surface area contributed by atoms with Crippen molar-refractivity contribution in [2.45, 2.75) is 32.1 Å². The molecule has 0 unspecified atom stereocenters. The van der Waals surface area contributed by atoms with E-state index in [-0.39, 0.29) is 5.41 Å². The lowest BCUT2D eigenvalue weighted by Gasteiger charge is -2.42. The van der Waals surface area contributed by atoms with Crippen molar-refractivity contribution in [3.8, 4) is 0 Å². The second kappa shape index (κ2) is 4.28. The van der Waals surface area contributed by atoms with Gasteiger partial charge in [-0.3, -0.25) is 0 Å². The molecule has 0 aromatic heterocycles. The monoisotopic (exact) mass is 236 g/mol. The van der Waals surface area contributed by atoms with E-state index in [4.69, 9.17) is 0 Å². The number of hydrogen-bond acceptors (Lipinski definition) is 0. The van der Waals surface area contributed by atoms with E-state index < -0.39 is 0 Å². The molecule has 0 saturated heterocycles. The fraction of sp³-hybridized carbons (Fsp3) is 0.333. The molecule has 2 atom stereocenters. The van der Waals surface area contributed by atoms with E-state index in [9.17, 15) is 0 Å². The first kappa shape index (κ1) is 11.5. The minimum Gasteiger partial charge on any atom is -0.0622 e. The Morgan fingerprint density at radius 1 is 0.944 bits per heavy atom. The maximum absolute atomic E-state index is 2.41. The summed E-state index contributed by atoms with van der Waals surface area (Å²) >= 11 is 0. The van der Waals surface area contributed by atoms with Crippen LogP contribution in [0.3, 0.4) is 0 Å². The summed E-state index contributed by atoms with van der Waals surface area (Å²) in [5.41, 5.74) is 4.66. The highest BCUT2D eigenvalue weighted by molar-refractivity contribution is 5.45. The van der Waals surface area contributed by atoms with Gasteiger partial charge < -0.3 is 0 Å². The van der Waals surface area contributed by atoms with Gasteiger partial charge >= 0.3 is 0 Å². The number of fused-ring (bicyclic) bond motifs is 1. The van der Waals surface area contributed by atoms with Crippen molar-refractivity contribution < 1.29 is 0 Å². The Morgan fingerprint density at radius 3 is 2.39 bits per heavy atom. The van der Waals surface area contributed by atoms with E-state index in [1.807, 2.05) is 0 Å². The summed E-state index contributed by atoms with van der Waals surface area (Å²) in [6.07, 6.45) is 2.50. The Balaban J connectivity index is 2.21. The highest BCUT2D eigenvalue weighted by atomic mass is 14.4. The highest BCUT2D eigenvalue weighted by Crippen LogP contribution is 2.45. The lowest BCUT2D eigenvalue weighted by atomic mass is 9.62. The van der Waals surface area contributed by atoms with Crippen LogP contribution in [0.5, 0.6) is 0 Å². The van der Waals surface area contributed by atoms with Crippen molar-refractivity contribution >= 4 is 0 Å². The molecule has 0 heteroatoms. The van der Waals surface area contributed by atoms with Crippen molar-refractivity contribution in [2.24, 2.45) is 5.92 Å². The third-order valence-electron chi connectivity index (χ3n) is 4.78. The van der Waals surface area contributed by atoms with Crippen LogP contribution >= 0.6 is 0 Å². The molecule has 0 spiro atoms. The van der Waals surface area contributed by atoms with E-state index in [1.54, 1.807) is 0 Å². The van der Waals surface area contributed by atoms with E-state index in [2.05, 4.69) is 68.4 Å². The summed E-state index contributed by atoms with van der Waals surface area (Å²) in [4.78, 5) is 0. The van der Waals surface area contributed by atoms with Crippen molar-refractivity contribution in [1.82, 2.24) is 0 Å². The Hall–Kier alpha value is -1.56. The first-order valence-electron chi connectivity index (χ1n) is 6.87. The molecule has 3 rings (SSSR count). The van der Waals surface area contributed by atoms with Gasteiger partial charge in [-0.25, -0.2) is 0 Å². The van der Waals surface area contributed by atoms with Crippen molar-refractivity contribution in [3.05, 3.63) is 71.3 Å². The van der Waals surface area contributed by atoms with Gasteiger partial charge in [0, 0.05) is 5.41 Å². The van der Waals surface area contributed by atoms with Gasteiger partial charge in [-0.2, -0.15) is 0 Å². The van der Waals surface area contributed by atoms with Gasteiger partial charge in [0.05, 0.1) is 0 Å². The minimum atomic E-state index is 0.163. The third kappa shape index (κ3) is 1.59. The van der Waals surface area contributed by atoms with Crippen molar-refractivity contribution in [2.75, 3.05) is 0 Å². The first-order valence-corrected chi connectivity index (χ1v) is 6.87. The van der Waals surface area contributed by atoms with Gasteiger partial charge in [0.1, 0.15) is 0 Å². The lowest BCUT2D eigenvalue weighted by Crippen LogP contribution is -2.36. The molecular weight excluding hydrogens is 216 g/mol.